The van der Waals surface area contributed by atoms with Crippen molar-refractivity contribution in [2.45, 2.75) is 19.9 Å². The minimum atomic E-state index is -1.36. The summed E-state index contributed by atoms with van der Waals surface area (Å²) in [5.74, 6) is -0.767. The Balaban J connectivity index is 2.30. The van der Waals surface area contributed by atoms with Crippen LogP contribution in [-0.2, 0) is 0 Å². The highest BCUT2D eigenvalue weighted by atomic mass is 16.6. The van der Waals surface area contributed by atoms with Gasteiger partial charge in [0.2, 0.25) is 0 Å². The molecule has 8 nitrogen and oxygen atoms in total. The third-order valence-electron chi connectivity index (χ3n) is 2.74. The lowest BCUT2D eigenvalue weighted by molar-refractivity contribution is -0.385. The summed E-state index contributed by atoms with van der Waals surface area (Å²) >= 11 is 0. The van der Waals surface area contributed by atoms with Crippen LogP contribution in [0.1, 0.15) is 30.2 Å². The smallest absolute Gasteiger partial charge is 0.342 e. The van der Waals surface area contributed by atoms with Crippen LogP contribution in [0.4, 0.5) is 5.69 Å². The summed E-state index contributed by atoms with van der Waals surface area (Å²) in [5, 5.41) is 23.9. The van der Waals surface area contributed by atoms with E-state index in [1.165, 1.54) is 12.3 Å². The van der Waals surface area contributed by atoms with Crippen molar-refractivity contribution < 1.29 is 19.6 Å². The highest BCUT2D eigenvalue weighted by Gasteiger charge is 2.20. The van der Waals surface area contributed by atoms with Crippen LogP contribution in [0.5, 0.6) is 11.5 Å². The lowest BCUT2D eigenvalue weighted by Crippen LogP contribution is -2.02. The fourth-order valence-electron chi connectivity index (χ4n) is 1.70. The Hall–Kier alpha value is -2.90. The molecular formula is C13H13N3O5. The van der Waals surface area contributed by atoms with E-state index in [4.69, 9.17) is 9.84 Å². The molecule has 0 aliphatic rings. The minimum absolute atomic E-state index is 0.158. The van der Waals surface area contributed by atoms with Crippen molar-refractivity contribution in [3.63, 3.8) is 0 Å². The van der Waals surface area contributed by atoms with Gasteiger partial charge in [0, 0.05) is 6.04 Å². The fourth-order valence-corrected chi connectivity index (χ4v) is 1.70. The van der Waals surface area contributed by atoms with Gasteiger partial charge in [-0.15, -0.1) is 0 Å². The first-order valence-corrected chi connectivity index (χ1v) is 6.12. The van der Waals surface area contributed by atoms with Gasteiger partial charge in [0.05, 0.1) is 23.4 Å². The van der Waals surface area contributed by atoms with Crippen LogP contribution in [0.2, 0.25) is 0 Å². The van der Waals surface area contributed by atoms with Gasteiger partial charge in [-0.25, -0.2) is 4.79 Å². The Morgan fingerprint density at radius 2 is 2.14 bits per heavy atom. The summed E-state index contributed by atoms with van der Waals surface area (Å²) in [7, 11) is 0. The molecule has 0 aliphatic carbocycles. The van der Waals surface area contributed by atoms with Crippen LogP contribution >= 0.6 is 0 Å². The maximum Gasteiger partial charge on any atom is 0.342 e. The number of aromatic carboxylic acids is 1. The molecule has 1 aromatic heterocycles. The first kappa shape index (κ1) is 14.5. The molecule has 0 radical (unpaired) electrons. The average molecular weight is 291 g/mol. The standard InChI is InChI=1S/C13H13N3O5/c1-8(2)15-7-10(6-14-15)21-9-3-4-11(13(17)18)12(5-9)16(19)20/h3-8H,1-2H3,(H,17,18). The number of aromatic nitrogens is 2. The predicted molar refractivity (Wildman–Crippen MR) is 72.7 cm³/mol. The molecule has 21 heavy (non-hydrogen) atoms. The van der Waals surface area contributed by atoms with E-state index in [0.717, 1.165) is 12.1 Å². The van der Waals surface area contributed by atoms with Gasteiger partial charge in [-0.1, -0.05) is 0 Å². The lowest BCUT2D eigenvalue weighted by Gasteiger charge is -2.05. The van der Waals surface area contributed by atoms with Gasteiger partial charge in [0.1, 0.15) is 11.3 Å². The second kappa shape index (κ2) is 5.61. The zero-order valence-electron chi connectivity index (χ0n) is 11.4. The normalized spacial score (nSPS) is 10.6. The summed E-state index contributed by atoms with van der Waals surface area (Å²) in [6.07, 6.45) is 3.14. The number of benzene rings is 1. The first-order chi connectivity index (χ1) is 9.88. The van der Waals surface area contributed by atoms with Gasteiger partial charge in [-0.3, -0.25) is 14.8 Å². The van der Waals surface area contributed by atoms with Crippen molar-refractivity contribution in [3.8, 4) is 11.5 Å². The highest BCUT2D eigenvalue weighted by molar-refractivity contribution is 5.92. The third-order valence-corrected chi connectivity index (χ3v) is 2.74. The number of hydrogen-bond donors (Lipinski definition) is 1. The molecule has 0 aliphatic heterocycles. The van der Waals surface area contributed by atoms with Crippen molar-refractivity contribution in [2.24, 2.45) is 0 Å². The second-order valence-corrected chi connectivity index (χ2v) is 4.59. The molecule has 0 spiro atoms. The molecule has 8 heteroatoms. The van der Waals surface area contributed by atoms with Crippen molar-refractivity contribution in [1.82, 2.24) is 9.78 Å². The first-order valence-electron chi connectivity index (χ1n) is 6.12. The van der Waals surface area contributed by atoms with Crippen LogP contribution in [0.3, 0.4) is 0 Å². The molecule has 1 heterocycles. The second-order valence-electron chi connectivity index (χ2n) is 4.59. The molecule has 0 saturated carbocycles. The van der Waals surface area contributed by atoms with Crippen LogP contribution in [-0.4, -0.2) is 25.8 Å². The molecule has 0 amide bonds. The summed E-state index contributed by atoms with van der Waals surface area (Å²) in [6, 6.07) is 3.74. The minimum Gasteiger partial charge on any atom is -0.477 e. The Labute approximate surface area is 119 Å². The van der Waals surface area contributed by atoms with Crippen molar-refractivity contribution >= 4 is 11.7 Å². The van der Waals surface area contributed by atoms with Crippen molar-refractivity contribution in [3.05, 3.63) is 46.3 Å². The Morgan fingerprint density at radius 3 is 2.67 bits per heavy atom. The number of nitrogens with zero attached hydrogens (tertiary/aromatic N) is 3. The van der Waals surface area contributed by atoms with E-state index in [-0.39, 0.29) is 17.4 Å². The van der Waals surface area contributed by atoms with E-state index in [2.05, 4.69) is 5.10 Å². The van der Waals surface area contributed by atoms with E-state index < -0.39 is 16.6 Å². The zero-order chi connectivity index (χ0) is 15.6. The van der Waals surface area contributed by atoms with Gasteiger partial charge >= 0.3 is 5.97 Å². The van der Waals surface area contributed by atoms with Gasteiger partial charge in [-0.2, -0.15) is 5.10 Å². The van der Waals surface area contributed by atoms with Gasteiger partial charge in [-0.05, 0) is 26.0 Å². The largest absolute Gasteiger partial charge is 0.477 e. The summed E-state index contributed by atoms with van der Waals surface area (Å²) in [6.45, 7) is 3.90. The Morgan fingerprint density at radius 1 is 1.43 bits per heavy atom. The van der Waals surface area contributed by atoms with E-state index in [9.17, 15) is 14.9 Å². The van der Waals surface area contributed by atoms with E-state index in [1.807, 2.05) is 13.8 Å². The van der Waals surface area contributed by atoms with Crippen molar-refractivity contribution in [2.75, 3.05) is 0 Å². The summed E-state index contributed by atoms with van der Waals surface area (Å²) in [5.41, 5.74) is -0.901. The van der Waals surface area contributed by atoms with Gasteiger partial charge in [0.25, 0.3) is 5.69 Å². The molecule has 0 atom stereocenters. The zero-order valence-corrected chi connectivity index (χ0v) is 11.4. The van der Waals surface area contributed by atoms with Gasteiger partial charge < -0.3 is 9.84 Å². The van der Waals surface area contributed by atoms with Crippen LogP contribution in [0.15, 0.2) is 30.6 Å². The quantitative estimate of drug-likeness (QED) is 0.670. The lowest BCUT2D eigenvalue weighted by atomic mass is 10.2. The number of ether oxygens (including phenoxy) is 1. The monoisotopic (exact) mass is 291 g/mol. The predicted octanol–water partition coefficient (Wildman–Crippen LogP) is 2.86. The molecule has 0 bridgehead atoms. The Kier molecular flexibility index (Phi) is 3.88. The molecule has 2 rings (SSSR count). The number of hydrogen-bond acceptors (Lipinski definition) is 5. The Bertz CT molecular complexity index is 693. The average Bonchev–Trinajstić information content (AvgIpc) is 2.87. The maximum absolute atomic E-state index is 10.9. The fraction of sp³-hybridized carbons (Fsp3) is 0.231. The topological polar surface area (TPSA) is 107 Å². The molecule has 110 valence electrons. The van der Waals surface area contributed by atoms with Gasteiger partial charge in [0.15, 0.2) is 5.75 Å². The molecular weight excluding hydrogens is 278 g/mol. The summed E-state index contributed by atoms with van der Waals surface area (Å²) < 4.78 is 7.13. The van der Waals surface area contributed by atoms with Crippen LogP contribution < -0.4 is 4.74 Å². The number of rotatable bonds is 5. The number of carbonyl (C=O) groups is 1. The maximum atomic E-state index is 10.9. The molecule has 0 saturated heterocycles. The highest BCUT2D eigenvalue weighted by Crippen LogP contribution is 2.28. The summed E-state index contributed by atoms with van der Waals surface area (Å²) in [4.78, 5) is 21.1. The van der Waals surface area contributed by atoms with Crippen LogP contribution in [0, 0.1) is 10.1 Å². The number of carboxylic acid groups (broad SMARTS) is 1. The number of nitro benzene ring substituents is 1. The third kappa shape index (κ3) is 3.16. The van der Waals surface area contributed by atoms with E-state index in [0.29, 0.717) is 5.75 Å². The van der Waals surface area contributed by atoms with Crippen molar-refractivity contribution in [1.29, 1.82) is 0 Å². The molecule has 1 N–H and O–H groups in total. The molecule has 0 fully saturated rings. The number of carboxylic acids is 1. The SMILES string of the molecule is CC(C)n1cc(Oc2ccc(C(=O)O)c([N+](=O)[O-])c2)cn1. The number of nitro groups is 1. The van der Waals surface area contributed by atoms with Crippen LogP contribution in [0.25, 0.3) is 0 Å². The molecule has 2 aromatic rings. The molecule has 1 aromatic carbocycles. The molecule has 0 unspecified atom stereocenters. The van der Waals surface area contributed by atoms with E-state index in [1.54, 1.807) is 10.9 Å². The van der Waals surface area contributed by atoms with E-state index >= 15 is 0 Å².